The van der Waals surface area contributed by atoms with E-state index in [1.807, 2.05) is 30.3 Å². The highest BCUT2D eigenvalue weighted by molar-refractivity contribution is 7.97. The second-order valence-corrected chi connectivity index (χ2v) is 13.9. The van der Waals surface area contributed by atoms with Gasteiger partial charge in [0.2, 0.25) is 5.78 Å². The van der Waals surface area contributed by atoms with E-state index >= 15 is 0 Å². The van der Waals surface area contributed by atoms with Crippen molar-refractivity contribution in [1.82, 2.24) is 0 Å². The minimum Gasteiger partial charge on any atom is -0.743 e. The Balaban J connectivity index is 0.000000179. The Hall–Kier alpha value is -1.56. The van der Waals surface area contributed by atoms with E-state index in [-0.39, 0.29) is 30.6 Å². The number of halogens is 2. The van der Waals surface area contributed by atoms with Crippen molar-refractivity contribution in [3.8, 4) is 0 Å². The van der Waals surface area contributed by atoms with Crippen molar-refractivity contribution in [2.24, 2.45) is 17.8 Å². The van der Waals surface area contributed by atoms with Crippen molar-refractivity contribution in [1.29, 1.82) is 0 Å². The largest absolute Gasteiger partial charge is 0.743 e. The lowest BCUT2D eigenvalue weighted by atomic mass is 9.53. The van der Waals surface area contributed by atoms with Crippen LogP contribution < -0.4 is 0 Å². The summed E-state index contributed by atoms with van der Waals surface area (Å²) < 4.78 is 62.8. The summed E-state index contributed by atoms with van der Waals surface area (Å²) in [5, 5.41) is 4.96. The van der Waals surface area contributed by atoms with E-state index in [2.05, 4.69) is 0 Å². The molecule has 1 aromatic carbocycles. The fourth-order valence-corrected chi connectivity index (χ4v) is 8.66. The summed E-state index contributed by atoms with van der Waals surface area (Å²) in [6, 6.07) is 9.66. The number of hydrogen-bond acceptors (Lipinski definition) is 7. The monoisotopic (exact) mass is 532 g/mol. The van der Waals surface area contributed by atoms with Gasteiger partial charge in [0.15, 0.2) is 15.9 Å². The van der Waals surface area contributed by atoms with Gasteiger partial charge in [-0.05, 0) is 73.6 Å². The maximum absolute atomic E-state index is 13.3. The second kappa shape index (κ2) is 10.1. The summed E-state index contributed by atoms with van der Waals surface area (Å²) in [6.07, 6.45) is 4.49. The van der Waals surface area contributed by atoms with Crippen LogP contribution in [-0.4, -0.2) is 64.0 Å². The first-order valence-electron chi connectivity index (χ1n) is 11.9. The highest BCUT2D eigenvalue weighted by Crippen LogP contribution is 2.57. The van der Waals surface area contributed by atoms with Gasteiger partial charge in [0.1, 0.15) is 17.1 Å². The number of rotatable bonds is 6. The molecular weight excluding hydrogens is 502 g/mol. The average molecular weight is 533 g/mol. The van der Waals surface area contributed by atoms with Crippen molar-refractivity contribution in [3.63, 3.8) is 0 Å². The molecule has 1 heterocycles. The lowest BCUT2D eigenvalue weighted by Gasteiger charge is -2.57. The number of ketones is 1. The van der Waals surface area contributed by atoms with Gasteiger partial charge in [-0.15, -0.1) is 0 Å². The van der Waals surface area contributed by atoms with Gasteiger partial charge in [0, 0.05) is 5.56 Å². The third-order valence-electron chi connectivity index (χ3n) is 7.58. The summed E-state index contributed by atoms with van der Waals surface area (Å²) in [5.74, 6) is 1.30. The molecule has 4 saturated carbocycles. The van der Waals surface area contributed by atoms with Crippen molar-refractivity contribution in [2.45, 2.75) is 61.9 Å². The molecule has 35 heavy (non-hydrogen) atoms. The number of hydrogen-bond donors (Lipinski definition) is 1. The van der Waals surface area contributed by atoms with Crippen molar-refractivity contribution in [2.75, 3.05) is 17.3 Å². The molecule has 2 unspecified atom stereocenters. The van der Waals surface area contributed by atoms with Crippen molar-refractivity contribution < 1.29 is 41.2 Å². The first kappa shape index (κ1) is 26.5. The lowest BCUT2D eigenvalue weighted by molar-refractivity contribution is -0.217. The molecule has 1 saturated heterocycles. The number of carbonyl (C=O) groups excluding carboxylic acids is 2. The summed E-state index contributed by atoms with van der Waals surface area (Å²) >= 11 is 0. The number of ether oxygens (including phenoxy) is 1. The minimum absolute atomic E-state index is 0.124. The molecule has 1 N–H and O–H groups in total. The number of carbonyl (C=O) groups is 2. The maximum atomic E-state index is 13.3. The zero-order chi connectivity index (χ0) is 25.4. The number of Topliss-reactive ketones (excluding diaryl/α,β-unsaturated/α-hetero) is 1. The predicted molar refractivity (Wildman–Crippen MR) is 125 cm³/mol. The van der Waals surface area contributed by atoms with Crippen LogP contribution in [0.25, 0.3) is 0 Å². The van der Waals surface area contributed by atoms with Crippen LogP contribution >= 0.6 is 0 Å². The topological polar surface area (TPSA) is 121 Å². The average Bonchev–Trinajstić information content (AvgIpc) is 3.30. The molecule has 7 nitrogen and oxygen atoms in total. The molecule has 5 fully saturated rings. The molecule has 1 aromatic rings. The molecule has 194 valence electrons. The Kier molecular flexibility index (Phi) is 7.62. The van der Waals surface area contributed by atoms with Crippen LogP contribution in [0.4, 0.5) is 8.78 Å². The van der Waals surface area contributed by atoms with Crippen LogP contribution in [0.1, 0.15) is 55.3 Å². The van der Waals surface area contributed by atoms with Gasteiger partial charge in [-0.25, -0.2) is 13.2 Å². The third-order valence-corrected chi connectivity index (χ3v) is 10.8. The van der Waals surface area contributed by atoms with E-state index in [9.17, 15) is 36.4 Å². The van der Waals surface area contributed by atoms with Gasteiger partial charge < -0.3 is 14.4 Å². The van der Waals surface area contributed by atoms with Crippen molar-refractivity contribution in [3.05, 3.63) is 35.9 Å². The molecule has 1 aliphatic heterocycles. The fraction of sp³-hybridized carbons (Fsp3) is 0.667. The minimum atomic E-state index is -6.10. The van der Waals surface area contributed by atoms with E-state index in [1.165, 1.54) is 24.3 Å². The Morgan fingerprint density at radius 1 is 1.09 bits per heavy atom. The molecule has 0 aromatic heterocycles. The summed E-state index contributed by atoms with van der Waals surface area (Å²) in [6.45, 7) is 0. The lowest BCUT2D eigenvalue weighted by Crippen LogP contribution is -2.59. The van der Waals surface area contributed by atoms with Crippen LogP contribution in [0.5, 0.6) is 0 Å². The number of alkyl halides is 2. The van der Waals surface area contributed by atoms with Crippen molar-refractivity contribution >= 4 is 32.8 Å². The molecular formula is C24H30F2O7S2. The van der Waals surface area contributed by atoms with E-state index in [0.717, 1.165) is 24.2 Å². The molecule has 0 radical (unpaired) electrons. The molecule has 2 atom stereocenters. The maximum Gasteiger partial charge on any atom is 0.428 e. The number of aliphatic hydroxyl groups excluding tert-OH is 1. The van der Waals surface area contributed by atoms with E-state index in [4.69, 9.17) is 4.74 Å². The SMILES string of the molecule is O=C(C[S+]1CCCC1)c1ccccc1.O=C(OC12CC3CC(C1)C(O)C(C3)C2)C(F)(F)S(=O)(=O)[O-]. The normalized spacial score (nSPS) is 32.1. The van der Waals surface area contributed by atoms with Crippen LogP contribution in [0, 0.1) is 17.8 Å². The van der Waals surface area contributed by atoms with Crippen LogP contribution in [0.3, 0.4) is 0 Å². The standard InChI is InChI=1S/C12H16F2O6S.C12H15OS/c13-12(14,21(17,18)19)10(16)20-11-3-6-1-7(4-11)9(15)8(2-6)5-11;13-12(10-14-8-4-5-9-14)11-6-2-1-3-7-11/h6-9,15H,1-5H2,(H,17,18,19);1-3,6-7H,4-5,8-10H2/q;+1/p-1. The number of benzene rings is 1. The number of esters is 1. The summed E-state index contributed by atoms with van der Waals surface area (Å²) in [7, 11) is -5.71. The summed E-state index contributed by atoms with van der Waals surface area (Å²) in [4.78, 5) is 23.3. The Bertz CT molecular complexity index is 1030. The third kappa shape index (κ3) is 5.73. The van der Waals surface area contributed by atoms with Gasteiger partial charge in [0.05, 0.1) is 6.10 Å². The van der Waals surface area contributed by atoms with Gasteiger partial charge in [-0.2, -0.15) is 8.78 Å². The van der Waals surface area contributed by atoms with E-state index < -0.39 is 33.0 Å². The highest BCUT2D eigenvalue weighted by Gasteiger charge is 2.59. The quantitative estimate of drug-likeness (QED) is 0.259. The van der Waals surface area contributed by atoms with Gasteiger partial charge in [0.25, 0.3) is 0 Å². The first-order chi connectivity index (χ1) is 16.4. The molecule has 6 rings (SSSR count). The van der Waals surface area contributed by atoms with E-state index in [0.29, 0.717) is 23.1 Å². The van der Waals surface area contributed by atoms with E-state index in [1.54, 1.807) is 0 Å². The van der Waals surface area contributed by atoms with Crippen LogP contribution in [-0.2, 0) is 30.5 Å². The molecule has 11 heteroatoms. The zero-order valence-electron chi connectivity index (χ0n) is 19.2. The summed E-state index contributed by atoms with van der Waals surface area (Å²) in [5.41, 5.74) is -0.284. The van der Waals surface area contributed by atoms with Gasteiger partial charge >= 0.3 is 11.2 Å². The number of aliphatic hydroxyl groups is 1. The highest BCUT2D eigenvalue weighted by atomic mass is 32.2. The smallest absolute Gasteiger partial charge is 0.428 e. The second-order valence-electron chi connectivity index (χ2n) is 10.2. The molecule has 0 amide bonds. The van der Waals surface area contributed by atoms with Crippen LogP contribution in [0.15, 0.2) is 30.3 Å². The zero-order valence-corrected chi connectivity index (χ0v) is 20.9. The molecule has 4 aliphatic carbocycles. The van der Waals surface area contributed by atoms with Gasteiger partial charge in [-0.1, -0.05) is 30.3 Å². The van der Waals surface area contributed by atoms with Crippen LogP contribution in [0.2, 0.25) is 0 Å². The molecule has 0 spiro atoms. The Morgan fingerprint density at radius 2 is 1.66 bits per heavy atom. The Morgan fingerprint density at radius 3 is 2.20 bits per heavy atom. The Labute approximate surface area is 206 Å². The molecule has 4 bridgehead atoms. The molecule has 5 aliphatic rings. The fourth-order valence-electron chi connectivity index (χ4n) is 6.16. The predicted octanol–water partition coefficient (Wildman–Crippen LogP) is 2.89. The first-order valence-corrected chi connectivity index (χ1v) is 15.0. The van der Waals surface area contributed by atoms with Gasteiger partial charge in [-0.3, -0.25) is 4.79 Å².